The summed E-state index contributed by atoms with van der Waals surface area (Å²) in [7, 11) is 0. The molecular formula is C21H31N3O. The molecule has 25 heavy (non-hydrogen) atoms. The molecule has 1 aromatic carbocycles. The van der Waals surface area contributed by atoms with Crippen LogP contribution in [0.15, 0.2) is 30.3 Å². The van der Waals surface area contributed by atoms with Gasteiger partial charge in [0.2, 0.25) is 5.91 Å². The van der Waals surface area contributed by atoms with Crippen LogP contribution in [-0.4, -0.2) is 42.6 Å². The van der Waals surface area contributed by atoms with E-state index in [-0.39, 0.29) is 11.6 Å². The predicted octanol–water partition coefficient (Wildman–Crippen LogP) is 3.39. The van der Waals surface area contributed by atoms with E-state index in [1.54, 1.807) is 0 Å². The number of nitrogens with one attached hydrogen (secondary N) is 1. The van der Waals surface area contributed by atoms with Crippen molar-refractivity contribution < 1.29 is 4.79 Å². The second kappa shape index (κ2) is 7.36. The number of likely N-dealkylation sites (tertiary alicyclic amines) is 1. The molecule has 2 heterocycles. The van der Waals surface area contributed by atoms with Crippen LogP contribution in [0.2, 0.25) is 0 Å². The molecule has 1 aromatic rings. The van der Waals surface area contributed by atoms with Crippen LogP contribution in [0.3, 0.4) is 0 Å². The van der Waals surface area contributed by atoms with E-state index >= 15 is 0 Å². The van der Waals surface area contributed by atoms with E-state index in [1.165, 1.54) is 51.5 Å². The number of hydrogen-bond donors (Lipinski definition) is 1. The Morgan fingerprint density at radius 3 is 2.52 bits per heavy atom. The number of rotatable bonds is 3. The first-order valence-electron chi connectivity index (χ1n) is 10.1. The molecular weight excluding hydrogens is 310 g/mol. The molecule has 0 radical (unpaired) electrons. The lowest BCUT2D eigenvalue weighted by Crippen LogP contribution is -2.54. The predicted molar refractivity (Wildman–Crippen MR) is 102 cm³/mol. The van der Waals surface area contributed by atoms with Gasteiger partial charge in [-0.3, -0.25) is 9.69 Å². The van der Waals surface area contributed by atoms with E-state index < -0.39 is 0 Å². The van der Waals surface area contributed by atoms with Crippen LogP contribution in [0.4, 0.5) is 5.69 Å². The van der Waals surface area contributed by atoms with Crippen molar-refractivity contribution in [3.8, 4) is 0 Å². The summed E-state index contributed by atoms with van der Waals surface area (Å²) >= 11 is 0. The van der Waals surface area contributed by atoms with Crippen molar-refractivity contribution in [2.45, 2.75) is 57.0 Å². The van der Waals surface area contributed by atoms with E-state index in [0.717, 1.165) is 31.1 Å². The normalized spacial score (nSPS) is 29.0. The second-order valence-electron chi connectivity index (χ2n) is 8.20. The number of benzene rings is 1. The van der Waals surface area contributed by atoms with E-state index in [0.29, 0.717) is 6.54 Å². The molecule has 4 nitrogen and oxygen atoms in total. The Morgan fingerprint density at radius 2 is 1.76 bits per heavy atom. The van der Waals surface area contributed by atoms with Crippen molar-refractivity contribution in [1.82, 2.24) is 10.2 Å². The topological polar surface area (TPSA) is 35.6 Å². The van der Waals surface area contributed by atoms with Gasteiger partial charge in [-0.1, -0.05) is 50.3 Å². The molecule has 0 aromatic heterocycles. The summed E-state index contributed by atoms with van der Waals surface area (Å²) in [5.74, 6) is 1.01. The Hall–Kier alpha value is -1.55. The third kappa shape index (κ3) is 3.69. The fourth-order valence-corrected chi connectivity index (χ4v) is 5.05. The van der Waals surface area contributed by atoms with E-state index in [9.17, 15) is 4.79 Å². The summed E-state index contributed by atoms with van der Waals surface area (Å²) in [5.41, 5.74) is 0.966. The highest BCUT2D eigenvalue weighted by Crippen LogP contribution is 2.34. The van der Waals surface area contributed by atoms with Gasteiger partial charge in [0, 0.05) is 31.7 Å². The number of hydrogen-bond acceptors (Lipinski definition) is 3. The minimum absolute atomic E-state index is 0.164. The summed E-state index contributed by atoms with van der Waals surface area (Å²) in [5, 5.41) is 3.31. The van der Waals surface area contributed by atoms with Crippen molar-refractivity contribution >= 4 is 11.6 Å². The molecule has 3 aliphatic rings. The Morgan fingerprint density at radius 1 is 1.04 bits per heavy atom. The first-order valence-corrected chi connectivity index (χ1v) is 10.1. The maximum atomic E-state index is 12.2. The number of carbonyl (C=O) groups excluding carboxylic acids is 1. The summed E-state index contributed by atoms with van der Waals surface area (Å²) in [6, 6.07) is 10.4. The van der Waals surface area contributed by atoms with Gasteiger partial charge in [-0.15, -0.1) is 0 Å². The Labute approximate surface area is 151 Å². The summed E-state index contributed by atoms with van der Waals surface area (Å²) in [6.45, 7) is 3.76. The molecule has 2 saturated heterocycles. The van der Waals surface area contributed by atoms with Gasteiger partial charge in [-0.2, -0.15) is 0 Å². The molecule has 1 amide bonds. The summed E-state index contributed by atoms with van der Waals surface area (Å²) < 4.78 is 0. The number of nitrogens with zero attached hydrogens (tertiary/aromatic N) is 2. The third-order valence-corrected chi connectivity index (χ3v) is 6.33. The van der Waals surface area contributed by atoms with Gasteiger partial charge >= 0.3 is 0 Å². The van der Waals surface area contributed by atoms with Crippen molar-refractivity contribution in [2.24, 2.45) is 5.92 Å². The average Bonchev–Trinajstić information content (AvgIpc) is 3.14. The smallest absolute Gasteiger partial charge is 0.241 e. The Balaban J connectivity index is 1.43. The maximum Gasteiger partial charge on any atom is 0.241 e. The molecule has 3 fully saturated rings. The van der Waals surface area contributed by atoms with Gasteiger partial charge in [0.25, 0.3) is 0 Å². The lowest BCUT2D eigenvalue weighted by atomic mass is 9.91. The molecule has 1 unspecified atom stereocenters. The minimum atomic E-state index is -0.194. The van der Waals surface area contributed by atoms with E-state index in [4.69, 9.17) is 0 Å². The SMILES string of the molecule is O=C1CN(c2ccccc2)C2(CCN(CC3CCCCCCC3)C2)N1. The highest BCUT2D eigenvalue weighted by molar-refractivity contribution is 5.87. The summed E-state index contributed by atoms with van der Waals surface area (Å²) in [6.07, 6.45) is 10.9. The van der Waals surface area contributed by atoms with Crippen LogP contribution in [0.25, 0.3) is 0 Å². The van der Waals surface area contributed by atoms with Crippen molar-refractivity contribution in [2.75, 3.05) is 31.1 Å². The summed E-state index contributed by atoms with van der Waals surface area (Å²) in [4.78, 5) is 17.1. The molecule has 1 N–H and O–H groups in total. The van der Waals surface area contributed by atoms with Gasteiger partial charge in [-0.25, -0.2) is 0 Å². The average molecular weight is 341 g/mol. The quantitative estimate of drug-likeness (QED) is 0.915. The number of anilines is 1. The maximum absolute atomic E-state index is 12.2. The monoisotopic (exact) mass is 341 g/mol. The zero-order valence-corrected chi connectivity index (χ0v) is 15.3. The van der Waals surface area contributed by atoms with Gasteiger partial charge < -0.3 is 10.2 Å². The van der Waals surface area contributed by atoms with E-state index in [1.807, 2.05) is 6.07 Å². The molecule has 4 rings (SSSR count). The largest absolute Gasteiger partial charge is 0.338 e. The van der Waals surface area contributed by atoms with Crippen LogP contribution >= 0.6 is 0 Å². The molecule has 1 aliphatic carbocycles. The fourth-order valence-electron chi connectivity index (χ4n) is 5.05. The highest BCUT2D eigenvalue weighted by atomic mass is 16.2. The van der Waals surface area contributed by atoms with Crippen LogP contribution in [-0.2, 0) is 4.79 Å². The molecule has 136 valence electrons. The van der Waals surface area contributed by atoms with Crippen molar-refractivity contribution in [3.63, 3.8) is 0 Å². The van der Waals surface area contributed by atoms with Gasteiger partial charge in [0.05, 0.1) is 6.54 Å². The molecule has 1 saturated carbocycles. The zero-order valence-electron chi connectivity index (χ0n) is 15.3. The minimum Gasteiger partial charge on any atom is -0.338 e. The molecule has 2 aliphatic heterocycles. The van der Waals surface area contributed by atoms with Crippen molar-refractivity contribution in [1.29, 1.82) is 0 Å². The molecule has 0 bridgehead atoms. The number of para-hydroxylation sites is 1. The number of carbonyl (C=O) groups is 1. The molecule has 4 heteroatoms. The standard InChI is InChI=1S/C21H31N3O/c25-20-16-24(19-11-7-4-8-12-19)21(22-20)13-14-23(17-21)15-18-9-5-2-1-3-6-10-18/h4,7-8,11-12,18H,1-3,5-6,9-10,13-17H2,(H,22,25). The molecule has 1 atom stereocenters. The lowest BCUT2D eigenvalue weighted by Gasteiger charge is -2.36. The van der Waals surface area contributed by atoms with E-state index in [2.05, 4.69) is 39.4 Å². The lowest BCUT2D eigenvalue weighted by molar-refractivity contribution is -0.118. The Kier molecular flexibility index (Phi) is 4.98. The van der Waals surface area contributed by atoms with Crippen LogP contribution < -0.4 is 10.2 Å². The van der Waals surface area contributed by atoms with Gasteiger partial charge in [-0.05, 0) is 30.9 Å². The molecule has 1 spiro atoms. The Bertz CT molecular complexity index is 582. The first-order chi connectivity index (χ1) is 12.3. The third-order valence-electron chi connectivity index (χ3n) is 6.33. The van der Waals surface area contributed by atoms with Crippen LogP contribution in [0.5, 0.6) is 0 Å². The van der Waals surface area contributed by atoms with Crippen LogP contribution in [0.1, 0.15) is 51.4 Å². The first kappa shape index (κ1) is 16.9. The fraction of sp³-hybridized carbons (Fsp3) is 0.667. The van der Waals surface area contributed by atoms with Gasteiger partial charge in [0.1, 0.15) is 5.66 Å². The second-order valence-corrected chi connectivity index (χ2v) is 8.20. The van der Waals surface area contributed by atoms with Crippen molar-refractivity contribution in [3.05, 3.63) is 30.3 Å². The zero-order chi connectivity index (χ0) is 17.1. The number of amides is 1. The van der Waals surface area contributed by atoms with Gasteiger partial charge in [0.15, 0.2) is 0 Å². The van der Waals surface area contributed by atoms with Crippen LogP contribution in [0, 0.1) is 5.92 Å². The highest BCUT2D eigenvalue weighted by Gasteiger charge is 2.49.